The van der Waals surface area contributed by atoms with Gasteiger partial charge in [-0.1, -0.05) is 0 Å². The average Bonchev–Trinajstić information content (AvgIpc) is 2.71. The first-order valence-corrected chi connectivity index (χ1v) is 9.18. The third-order valence-electron chi connectivity index (χ3n) is 4.78. The van der Waals surface area contributed by atoms with Gasteiger partial charge in [0.15, 0.2) is 11.5 Å². The molecule has 0 atom stereocenters. The number of anilines is 1. The summed E-state index contributed by atoms with van der Waals surface area (Å²) in [6.45, 7) is 2.16. The molecule has 2 aromatic rings. The van der Waals surface area contributed by atoms with Crippen LogP contribution in [0.5, 0.6) is 11.5 Å². The fourth-order valence-electron chi connectivity index (χ4n) is 3.43. The highest BCUT2D eigenvalue weighted by Gasteiger charge is 2.34. The highest BCUT2D eigenvalue weighted by molar-refractivity contribution is 6.09. The zero-order chi connectivity index (χ0) is 22.1. The van der Waals surface area contributed by atoms with Crippen LogP contribution < -0.4 is 14.4 Å². The zero-order valence-electron chi connectivity index (χ0n) is 16.3. The van der Waals surface area contributed by atoms with Gasteiger partial charge in [-0.3, -0.25) is 14.9 Å². The number of ether oxygens (including phenoxy) is 2. The number of halogens is 3. The average molecular weight is 424 g/mol. The van der Waals surface area contributed by atoms with E-state index in [0.29, 0.717) is 24.1 Å². The van der Waals surface area contributed by atoms with E-state index in [0.717, 1.165) is 18.2 Å². The molecule has 0 aromatic heterocycles. The Labute approximate surface area is 170 Å². The lowest BCUT2D eigenvalue weighted by molar-refractivity contribution is -0.385. The van der Waals surface area contributed by atoms with Crippen molar-refractivity contribution in [3.05, 3.63) is 57.1 Å². The van der Waals surface area contributed by atoms with Crippen molar-refractivity contribution in [2.24, 2.45) is 0 Å². The summed E-state index contributed by atoms with van der Waals surface area (Å²) in [4.78, 5) is 25.4. The maximum absolute atomic E-state index is 13.2. The van der Waals surface area contributed by atoms with Crippen LogP contribution in [-0.2, 0) is 12.6 Å². The molecule has 3 rings (SSSR count). The number of nitro groups is 1. The lowest BCUT2D eigenvalue weighted by atomic mass is 9.98. The molecule has 0 spiro atoms. The Hall–Kier alpha value is -3.30. The van der Waals surface area contributed by atoms with E-state index in [4.69, 9.17) is 9.47 Å². The summed E-state index contributed by atoms with van der Waals surface area (Å²) >= 11 is 0. The second-order valence-electron chi connectivity index (χ2n) is 6.61. The number of alkyl halides is 3. The first kappa shape index (κ1) is 21.4. The van der Waals surface area contributed by atoms with Gasteiger partial charge in [-0.15, -0.1) is 0 Å². The van der Waals surface area contributed by atoms with E-state index in [1.54, 1.807) is 6.92 Å². The highest BCUT2D eigenvalue weighted by atomic mass is 19.4. The summed E-state index contributed by atoms with van der Waals surface area (Å²) in [5.74, 6) is -0.420. The summed E-state index contributed by atoms with van der Waals surface area (Å²) in [6.07, 6.45) is -3.69. The van der Waals surface area contributed by atoms with Gasteiger partial charge < -0.3 is 14.4 Å². The summed E-state index contributed by atoms with van der Waals surface area (Å²) in [7, 11) is 1.34. The lowest BCUT2D eigenvalue weighted by Gasteiger charge is -2.30. The number of methoxy groups -OCH3 is 1. The molecule has 0 bridgehead atoms. The molecule has 30 heavy (non-hydrogen) atoms. The van der Waals surface area contributed by atoms with Crippen LogP contribution in [0, 0.1) is 10.1 Å². The largest absolute Gasteiger partial charge is 0.493 e. The summed E-state index contributed by atoms with van der Waals surface area (Å²) < 4.78 is 49.6. The third kappa shape index (κ3) is 4.03. The van der Waals surface area contributed by atoms with Crippen molar-refractivity contribution in [1.29, 1.82) is 0 Å². The fraction of sp³-hybridized carbons (Fsp3) is 0.350. The van der Waals surface area contributed by atoms with Crippen molar-refractivity contribution in [1.82, 2.24) is 0 Å². The number of fused-ring (bicyclic) bond motifs is 1. The minimum atomic E-state index is -4.50. The molecule has 1 aliphatic heterocycles. The fourth-order valence-corrected chi connectivity index (χ4v) is 3.43. The molecule has 0 saturated heterocycles. The number of hydrogen-bond donors (Lipinski definition) is 0. The van der Waals surface area contributed by atoms with Gasteiger partial charge in [0.1, 0.15) is 5.56 Å². The van der Waals surface area contributed by atoms with Gasteiger partial charge in [0.2, 0.25) is 0 Å². The molecule has 1 aliphatic rings. The van der Waals surface area contributed by atoms with Crippen molar-refractivity contribution in [3.8, 4) is 11.5 Å². The van der Waals surface area contributed by atoms with E-state index in [1.165, 1.54) is 24.1 Å². The number of nitro benzene ring substituents is 1. The first-order chi connectivity index (χ1) is 14.2. The zero-order valence-corrected chi connectivity index (χ0v) is 16.3. The molecule has 1 heterocycles. The van der Waals surface area contributed by atoms with Crippen LogP contribution in [0.25, 0.3) is 0 Å². The number of carbonyl (C=O) groups excluding carboxylic acids is 1. The van der Waals surface area contributed by atoms with Gasteiger partial charge in [-0.2, -0.15) is 13.2 Å². The molecular formula is C20H19F3N2O5. The van der Waals surface area contributed by atoms with E-state index in [1.807, 2.05) is 0 Å². The second-order valence-corrected chi connectivity index (χ2v) is 6.61. The molecule has 0 saturated carbocycles. The van der Waals surface area contributed by atoms with Crippen LogP contribution >= 0.6 is 0 Å². The standard InChI is InChI=1S/C20H19F3N2O5/c1-3-30-18-11-16(25(27)28)14(10-17(18)29-2)19(26)24-8-4-5-12-9-13(20(21,22)23)6-7-15(12)24/h6-7,9-11H,3-5,8H2,1-2H3. The number of benzene rings is 2. The summed E-state index contributed by atoms with van der Waals surface area (Å²) in [5.41, 5.74) is -0.827. The maximum Gasteiger partial charge on any atom is 0.416 e. The molecule has 0 fully saturated rings. The van der Waals surface area contributed by atoms with Gasteiger partial charge in [-0.25, -0.2) is 0 Å². The number of carbonyl (C=O) groups is 1. The van der Waals surface area contributed by atoms with E-state index >= 15 is 0 Å². The van der Waals surface area contributed by atoms with Crippen molar-refractivity contribution < 1.29 is 32.4 Å². The maximum atomic E-state index is 13.2. The van der Waals surface area contributed by atoms with Crippen LogP contribution in [0.15, 0.2) is 30.3 Å². The number of amides is 1. The predicted octanol–water partition coefficient (Wildman–Crippen LogP) is 4.61. The number of rotatable bonds is 5. The third-order valence-corrected chi connectivity index (χ3v) is 4.78. The highest BCUT2D eigenvalue weighted by Crippen LogP contribution is 2.39. The van der Waals surface area contributed by atoms with E-state index in [2.05, 4.69) is 0 Å². The Morgan fingerprint density at radius 1 is 1.23 bits per heavy atom. The normalized spacial score (nSPS) is 13.6. The molecule has 0 unspecified atom stereocenters. The van der Waals surface area contributed by atoms with Crippen molar-refractivity contribution >= 4 is 17.3 Å². The van der Waals surface area contributed by atoms with E-state index < -0.39 is 28.3 Å². The van der Waals surface area contributed by atoms with E-state index in [9.17, 15) is 28.1 Å². The molecule has 0 radical (unpaired) electrons. The van der Waals surface area contributed by atoms with Crippen LogP contribution in [0.2, 0.25) is 0 Å². The smallest absolute Gasteiger partial charge is 0.416 e. The van der Waals surface area contributed by atoms with Gasteiger partial charge in [0.05, 0.1) is 30.3 Å². The summed E-state index contributed by atoms with van der Waals surface area (Å²) in [6, 6.07) is 5.49. The van der Waals surface area contributed by atoms with Crippen LogP contribution in [-0.4, -0.2) is 31.1 Å². The Balaban J connectivity index is 2.07. The number of aryl methyl sites for hydroxylation is 1. The minimum absolute atomic E-state index is 0.122. The molecule has 160 valence electrons. The monoisotopic (exact) mass is 424 g/mol. The Kier molecular flexibility index (Phi) is 5.86. The minimum Gasteiger partial charge on any atom is -0.493 e. The predicted molar refractivity (Wildman–Crippen MR) is 102 cm³/mol. The molecule has 0 N–H and O–H groups in total. The Bertz CT molecular complexity index is 991. The van der Waals surface area contributed by atoms with Crippen molar-refractivity contribution in [2.45, 2.75) is 25.9 Å². The lowest BCUT2D eigenvalue weighted by Crippen LogP contribution is -2.36. The SMILES string of the molecule is CCOc1cc([N+](=O)[O-])c(C(=O)N2CCCc3cc(C(F)(F)F)ccc32)cc1OC. The van der Waals surface area contributed by atoms with Gasteiger partial charge in [-0.05, 0) is 43.5 Å². The molecular weight excluding hydrogens is 405 g/mol. The Morgan fingerprint density at radius 3 is 2.57 bits per heavy atom. The van der Waals surface area contributed by atoms with Crippen molar-refractivity contribution in [3.63, 3.8) is 0 Å². The molecule has 0 aliphatic carbocycles. The molecule has 2 aromatic carbocycles. The second kappa shape index (κ2) is 8.21. The molecule has 10 heteroatoms. The van der Waals surface area contributed by atoms with E-state index in [-0.39, 0.29) is 30.2 Å². The van der Waals surface area contributed by atoms with Crippen molar-refractivity contribution in [2.75, 3.05) is 25.2 Å². The van der Waals surface area contributed by atoms with Crippen LogP contribution in [0.1, 0.15) is 34.8 Å². The Morgan fingerprint density at radius 2 is 1.97 bits per heavy atom. The number of hydrogen-bond acceptors (Lipinski definition) is 5. The molecule has 1 amide bonds. The first-order valence-electron chi connectivity index (χ1n) is 9.18. The van der Waals surface area contributed by atoms with Gasteiger partial charge in [0, 0.05) is 18.3 Å². The topological polar surface area (TPSA) is 81.9 Å². The van der Waals surface area contributed by atoms with Gasteiger partial charge >= 0.3 is 6.18 Å². The number of nitrogens with zero attached hydrogens (tertiary/aromatic N) is 2. The molecule has 7 nitrogen and oxygen atoms in total. The quantitative estimate of drug-likeness (QED) is 0.517. The van der Waals surface area contributed by atoms with Gasteiger partial charge in [0.25, 0.3) is 11.6 Å². The van der Waals surface area contributed by atoms with Crippen LogP contribution in [0.3, 0.4) is 0 Å². The summed E-state index contributed by atoms with van der Waals surface area (Å²) in [5, 5.41) is 11.6. The van der Waals surface area contributed by atoms with Crippen LogP contribution in [0.4, 0.5) is 24.5 Å².